The first-order valence-corrected chi connectivity index (χ1v) is 7.62. The number of rotatable bonds is 4. The molecule has 0 spiro atoms. The first-order valence-electron chi connectivity index (χ1n) is 6.13. The first-order chi connectivity index (χ1) is 10.2. The Morgan fingerprint density at radius 1 is 1.05 bits per heavy atom. The zero-order valence-electron chi connectivity index (χ0n) is 11.1. The van der Waals surface area contributed by atoms with E-state index in [4.69, 9.17) is 0 Å². The Bertz CT molecular complexity index is 756. The van der Waals surface area contributed by atoms with Gasteiger partial charge in [-0.2, -0.15) is 13.2 Å². The first kappa shape index (κ1) is 16.3. The van der Waals surface area contributed by atoms with Crippen molar-refractivity contribution in [2.24, 2.45) is 0 Å². The molecule has 0 radical (unpaired) electrons. The summed E-state index contributed by atoms with van der Waals surface area (Å²) in [5, 5.41) is 9.28. The van der Waals surface area contributed by atoms with Crippen LogP contribution in [-0.2, 0) is 22.7 Å². The van der Waals surface area contributed by atoms with Gasteiger partial charge in [0, 0.05) is 6.54 Å². The predicted molar refractivity (Wildman–Crippen MR) is 73.6 cm³/mol. The standard InChI is InChI=1S/C14H12F3NO3S/c15-14(16,17)11-4-6-13(7-5-11)22(20,21)18-9-10-2-1-3-12(19)8-10/h1-8,18-19H,9H2. The molecule has 0 fully saturated rings. The van der Waals surface area contributed by atoms with Crippen molar-refractivity contribution in [2.75, 3.05) is 0 Å². The maximum atomic E-state index is 12.4. The zero-order valence-corrected chi connectivity index (χ0v) is 11.9. The molecule has 0 heterocycles. The van der Waals surface area contributed by atoms with E-state index in [9.17, 15) is 26.7 Å². The summed E-state index contributed by atoms with van der Waals surface area (Å²) in [6.07, 6.45) is -4.52. The third-order valence-electron chi connectivity index (χ3n) is 2.87. The minimum Gasteiger partial charge on any atom is -0.508 e. The van der Waals surface area contributed by atoms with Crippen molar-refractivity contribution in [3.63, 3.8) is 0 Å². The van der Waals surface area contributed by atoms with Crippen molar-refractivity contribution in [3.8, 4) is 5.75 Å². The number of hydrogen-bond acceptors (Lipinski definition) is 3. The van der Waals surface area contributed by atoms with Crippen molar-refractivity contribution in [2.45, 2.75) is 17.6 Å². The Morgan fingerprint density at radius 3 is 2.23 bits per heavy atom. The molecular formula is C14H12F3NO3S. The topological polar surface area (TPSA) is 66.4 Å². The monoisotopic (exact) mass is 331 g/mol. The highest BCUT2D eigenvalue weighted by Gasteiger charge is 2.30. The summed E-state index contributed by atoms with van der Waals surface area (Å²) in [4.78, 5) is -0.263. The molecule has 118 valence electrons. The van der Waals surface area contributed by atoms with Crippen molar-refractivity contribution in [3.05, 3.63) is 59.7 Å². The molecule has 2 N–H and O–H groups in total. The number of aromatic hydroxyl groups is 1. The SMILES string of the molecule is O=S(=O)(NCc1cccc(O)c1)c1ccc(C(F)(F)F)cc1. The molecule has 2 aromatic rings. The fourth-order valence-electron chi connectivity index (χ4n) is 1.75. The van der Waals surface area contributed by atoms with E-state index in [0.717, 1.165) is 12.1 Å². The molecule has 0 aromatic heterocycles. The molecule has 22 heavy (non-hydrogen) atoms. The van der Waals surface area contributed by atoms with Gasteiger partial charge in [0.25, 0.3) is 0 Å². The largest absolute Gasteiger partial charge is 0.508 e. The van der Waals surface area contributed by atoms with E-state index in [0.29, 0.717) is 17.7 Å². The second kappa shape index (κ2) is 5.98. The van der Waals surface area contributed by atoms with Crippen LogP contribution in [0.2, 0.25) is 0 Å². The third-order valence-corrected chi connectivity index (χ3v) is 4.29. The number of halogens is 3. The summed E-state index contributed by atoms with van der Waals surface area (Å²) in [6.45, 7) is -0.0856. The molecule has 4 nitrogen and oxygen atoms in total. The van der Waals surface area contributed by atoms with E-state index in [1.807, 2.05) is 0 Å². The molecule has 0 aliphatic heterocycles. The van der Waals surface area contributed by atoms with Crippen LogP contribution in [0.1, 0.15) is 11.1 Å². The summed E-state index contributed by atoms with van der Waals surface area (Å²) in [5.41, 5.74) is -0.394. The lowest BCUT2D eigenvalue weighted by atomic mass is 10.2. The number of phenolic OH excluding ortho intramolecular Hbond substituents is 1. The maximum absolute atomic E-state index is 12.4. The van der Waals surface area contributed by atoms with Gasteiger partial charge in [0.1, 0.15) is 5.75 Å². The summed E-state index contributed by atoms with van der Waals surface area (Å²) in [7, 11) is -3.93. The van der Waals surface area contributed by atoms with Gasteiger partial charge in [-0.15, -0.1) is 0 Å². The highest BCUT2D eigenvalue weighted by atomic mass is 32.2. The molecule has 0 saturated heterocycles. The summed E-state index contributed by atoms with van der Waals surface area (Å²) < 4.78 is 63.6. The molecular weight excluding hydrogens is 319 g/mol. The summed E-state index contributed by atoms with van der Waals surface area (Å²) in [6, 6.07) is 9.20. The Balaban J connectivity index is 2.13. The number of hydrogen-bond donors (Lipinski definition) is 2. The van der Waals surface area contributed by atoms with Crippen LogP contribution in [-0.4, -0.2) is 13.5 Å². The van der Waals surface area contributed by atoms with Gasteiger partial charge in [0.05, 0.1) is 10.5 Å². The van der Waals surface area contributed by atoms with Crippen LogP contribution in [0.25, 0.3) is 0 Å². The lowest BCUT2D eigenvalue weighted by Gasteiger charge is -2.09. The Labute approximate surface area is 125 Å². The second-order valence-corrected chi connectivity index (χ2v) is 6.28. The summed E-state index contributed by atoms with van der Waals surface area (Å²) >= 11 is 0. The molecule has 0 aliphatic carbocycles. The molecule has 8 heteroatoms. The van der Waals surface area contributed by atoms with Gasteiger partial charge in [-0.05, 0) is 42.0 Å². The lowest BCUT2D eigenvalue weighted by Crippen LogP contribution is -2.23. The van der Waals surface area contributed by atoms with E-state index in [-0.39, 0.29) is 17.2 Å². The molecule has 0 aliphatic rings. The fraction of sp³-hybridized carbons (Fsp3) is 0.143. The van der Waals surface area contributed by atoms with E-state index in [2.05, 4.69) is 4.72 Å². The Kier molecular flexibility index (Phi) is 4.43. The van der Waals surface area contributed by atoms with Crippen LogP contribution in [0.3, 0.4) is 0 Å². The normalized spacial score (nSPS) is 12.3. The third kappa shape index (κ3) is 3.99. The minimum atomic E-state index is -4.52. The average molecular weight is 331 g/mol. The van der Waals surface area contributed by atoms with Gasteiger partial charge in [-0.1, -0.05) is 12.1 Å². The molecule has 0 saturated carbocycles. The Hall–Kier alpha value is -2.06. The van der Waals surface area contributed by atoms with Crippen molar-refractivity contribution < 1.29 is 26.7 Å². The molecule has 2 rings (SSSR count). The molecule has 2 aromatic carbocycles. The van der Waals surface area contributed by atoms with E-state index < -0.39 is 21.8 Å². The van der Waals surface area contributed by atoms with Gasteiger partial charge in [-0.3, -0.25) is 0 Å². The van der Waals surface area contributed by atoms with E-state index in [1.165, 1.54) is 12.1 Å². The molecule has 0 bridgehead atoms. The van der Waals surface area contributed by atoms with E-state index >= 15 is 0 Å². The number of benzene rings is 2. The van der Waals surface area contributed by atoms with Crippen LogP contribution in [0.4, 0.5) is 13.2 Å². The highest BCUT2D eigenvalue weighted by Crippen LogP contribution is 2.29. The zero-order chi connectivity index (χ0) is 16.4. The fourth-order valence-corrected chi connectivity index (χ4v) is 2.77. The highest BCUT2D eigenvalue weighted by molar-refractivity contribution is 7.89. The van der Waals surface area contributed by atoms with Crippen LogP contribution in [0, 0.1) is 0 Å². The quantitative estimate of drug-likeness (QED) is 0.905. The van der Waals surface area contributed by atoms with Gasteiger partial charge in [0.15, 0.2) is 0 Å². The second-order valence-electron chi connectivity index (χ2n) is 4.52. The van der Waals surface area contributed by atoms with Gasteiger partial charge >= 0.3 is 6.18 Å². The van der Waals surface area contributed by atoms with Gasteiger partial charge < -0.3 is 5.11 Å². The molecule has 0 unspecified atom stereocenters. The number of phenols is 1. The van der Waals surface area contributed by atoms with Gasteiger partial charge in [0.2, 0.25) is 10.0 Å². The number of sulfonamides is 1. The smallest absolute Gasteiger partial charge is 0.416 e. The number of alkyl halides is 3. The lowest BCUT2D eigenvalue weighted by molar-refractivity contribution is -0.137. The van der Waals surface area contributed by atoms with Crippen LogP contribution >= 0.6 is 0 Å². The van der Waals surface area contributed by atoms with E-state index in [1.54, 1.807) is 12.1 Å². The molecule has 0 amide bonds. The van der Waals surface area contributed by atoms with Crippen molar-refractivity contribution >= 4 is 10.0 Å². The van der Waals surface area contributed by atoms with Crippen LogP contribution in [0.15, 0.2) is 53.4 Å². The minimum absolute atomic E-state index is 0.00812. The molecule has 0 atom stereocenters. The maximum Gasteiger partial charge on any atom is 0.416 e. The number of nitrogens with one attached hydrogen (secondary N) is 1. The van der Waals surface area contributed by atoms with Crippen molar-refractivity contribution in [1.29, 1.82) is 0 Å². The summed E-state index contributed by atoms with van der Waals surface area (Å²) in [5.74, 6) is -0.00812. The van der Waals surface area contributed by atoms with Gasteiger partial charge in [-0.25, -0.2) is 13.1 Å². The van der Waals surface area contributed by atoms with Crippen LogP contribution < -0.4 is 4.72 Å². The Morgan fingerprint density at radius 2 is 1.68 bits per heavy atom. The predicted octanol–water partition coefficient (Wildman–Crippen LogP) is 2.89. The van der Waals surface area contributed by atoms with Crippen molar-refractivity contribution in [1.82, 2.24) is 4.72 Å². The van der Waals surface area contributed by atoms with Crippen LogP contribution in [0.5, 0.6) is 5.75 Å². The average Bonchev–Trinajstić information content (AvgIpc) is 2.45.